The summed E-state index contributed by atoms with van der Waals surface area (Å²) in [5, 5.41) is 0. The average Bonchev–Trinajstić information content (AvgIpc) is 2.99. The number of carbonyl (C=O) groups is 1. The number of alkyl halides is 3. The molecule has 0 aromatic heterocycles. The Bertz CT molecular complexity index is 883. The van der Waals surface area contributed by atoms with E-state index in [4.69, 9.17) is 9.47 Å². The number of carbonyl (C=O) groups excluding carboxylic acids is 1. The van der Waals surface area contributed by atoms with E-state index in [1.54, 1.807) is 18.2 Å². The molecule has 0 amide bonds. The van der Waals surface area contributed by atoms with E-state index in [0.29, 0.717) is 29.2 Å². The molecule has 2 aromatic carbocycles. The van der Waals surface area contributed by atoms with Gasteiger partial charge in [0.15, 0.2) is 5.76 Å². The highest BCUT2D eigenvalue weighted by Gasteiger charge is 2.30. The van der Waals surface area contributed by atoms with E-state index >= 15 is 0 Å². The van der Waals surface area contributed by atoms with Gasteiger partial charge in [-0.15, -0.1) is 0 Å². The highest BCUT2D eigenvalue weighted by Crippen LogP contribution is 2.35. The zero-order valence-electron chi connectivity index (χ0n) is 16.2. The van der Waals surface area contributed by atoms with Gasteiger partial charge in [0.1, 0.15) is 11.5 Å². The van der Waals surface area contributed by atoms with Crippen molar-refractivity contribution in [1.82, 2.24) is 0 Å². The largest absolute Gasteiger partial charge is 0.493 e. The third-order valence-electron chi connectivity index (χ3n) is 4.69. The minimum atomic E-state index is -4.39. The van der Waals surface area contributed by atoms with Crippen LogP contribution >= 0.6 is 0 Å². The van der Waals surface area contributed by atoms with Crippen LogP contribution < -0.4 is 9.47 Å². The molecule has 154 valence electrons. The summed E-state index contributed by atoms with van der Waals surface area (Å²) in [6.07, 6.45) is 2.75. The zero-order chi connectivity index (χ0) is 20.9. The van der Waals surface area contributed by atoms with Crippen molar-refractivity contribution in [2.45, 2.75) is 45.2 Å². The topological polar surface area (TPSA) is 35.5 Å². The Hall–Kier alpha value is -2.76. The molecule has 0 N–H and O–H groups in total. The first-order chi connectivity index (χ1) is 13.9. The minimum Gasteiger partial charge on any atom is -0.493 e. The van der Waals surface area contributed by atoms with Crippen LogP contribution in [0.3, 0.4) is 0 Å². The van der Waals surface area contributed by atoms with Crippen LogP contribution in [0.4, 0.5) is 13.2 Å². The molecule has 0 aliphatic carbocycles. The molecule has 1 aliphatic rings. The van der Waals surface area contributed by atoms with Gasteiger partial charge in [0.25, 0.3) is 0 Å². The summed E-state index contributed by atoms with van der Waals surface area (Å²) in [5.74, 6) is 0.807. The normalized spacial score (nSPS) is 14.8. The molecule has 0 atom stereocenters. The van der Waals surface area contributed by atoms with Gasteiger partial charge in [-0.25, -0.2) is 0 Å². The predicted molar refractivity (Wildman–Crippen MR) is 105 cm³/mol. The number of fused-ring (bicyclic) bond motifs is 1. The summed E-state index contributed by atoms with van der Waals surface area (Å²) in [5.41, 5.74) is 0.134. The first-order valence-electron chi connectivity index (χ1n) is 9.77. The first kappa shape index (κ1) is 21.0. The van der Waals surface area contributed by atoms with Gasteiger partial charge >= 0.3 is 6.18 Å². The molecule has 0 bridgehead atoms. The summed E-state index contributed by atoms with van der Waals surface area (Å²) in [6.45, 7) is 2.77. The Kier molecular flexibility index (Phi) is 6.62. The lowest BCUT2D eigenvalue weighted by Crippen LogP contribution is -2.04. The summed E-state index contributed by atoms with van der Waals surface area (Å²) in [7, 11) is 0. The molecule has 2 aromatic rings. The van der Waals surface area contributed by atoms with Crippen molar-refractivity contribution >= 4 is 11.9 Å². The smallest absolute Gasteiger partial charge is 0.416 e. The Morgan fingerprint density at radius 3 is 2.41 bits per heavy atom. The van der Waals surface area contributed by atoms with E-state index in [-0.39, 0.29) is 11.5 Å². The third-order valence-corrected chi connectivity index (χ3v) is 4.69. The van der Waals surface area contributed by atoms with Crippen molar-refractivity contribution in [3.05, 3.63) is 64.9 Å². The molecule has 1 heterocycles. The highest BCUT2D eigenvalue weighted by molar-refractivity contribution is 6.14. The molecule has 0 fully saturated rings. The molecule has 3 rings (SSSR count). The zero-order valence-corrected chi connectivity index (χ0v) is 16.2. The summed E-state index contributed by atoms with van der Waals surface area (Å²) < 4.78 is 49.3. The van der Waals surface area contributed by atoms with E-state index in [2.05, 4.69) is 6.92 Å². The van der Waals surface area contributed by atoms with Gasteiger partial charge in [-0.2, -0.15) is 13.2 Å². The van der Waals surface area contributed by atoms with Crippen LogP contribution in [0.1, 0.15) is 60.5 Å². The summed E-state index contributed by atoms with van der Waals surface area (Å²) in [4.78, 5) is 12.5. The van der Waals surface area contributed by atoms with Crippen LogP contribution in [-0.4, -0.2) is 12.4 Å². The van der Waals surface area contributed by atoms with Crippen molar-refractivity contribution in [1.29, 1.82) is 0 Å². The number of rotatable bonds is 8. The fourth-order valence-electron chi connectivity index (χ4n) is 3.07. The van der Waals surface area contributed by atoms with Crippen molar-refractivity contribution in [2.75, 3.05) is 6.61 Å². The Balaban J connectivity index is 1.63. The fourth-order valence-corrected chi connectivity index (χ4v) is 3.07. The summed E-state index contributed by atoms with van der Waals surface area (Å²) in [6, 6.07) is 9.62. The average molecular weight is 404 g/mol. The lowest BCUT2D eigenvalue weighted by molar-refractivity contribution is -0.137. The second-order valence-electron chi connectivity index (χ2n) is 6.98. The molecule has 0 saturated heterocycles. The minimum absolute atomic E-state index is 0.0801. The maximum atomic E-state index is 12.7. The Morgan fingerprint density at radius 2 is 1.72 bits per heavy atom. The number of allylic oxidation sites excluding steroid dienone is 1. The second kappa shape index (κ2) is 9.16. The molecule has 1 aliphatic heterocycles. The van der Waals surface area contributed by atoms with Gasteiger partial charge in [0.05, 0.1) is 17.7 Å². The van der Waals surface area contributed by atoms with Crippen LogP contribution in [0.25, 0.3) is 6.08 Å². The monoisotopic (exact) mass is 404 g/mol. The number of hydrogen-bond donors (Lipinski definition) is 0. The standard InChI is InChI=1S/C23H23F3O3/c1-2-3-4-5-6-13-28-18-11-12-19-20(15-18)29-21(22(19)27)14-16-7-9-17(10-8-16)23(24,25)26/h7-12,14-15H,2-6,13H2,1H3/b21-14-. The van der Waals surface area contributed by atoms with Crippen LogP contribution in [0.5, 0.6) is 11.5 Å². The van der Waals surface area contributed by atoms with E-state index in [0.717, 1.165) is 25.0 Å². The highest BCUT2D eigenvalue weighted by atomic mass is 19.4. The molecule has 3 nitrogen and oxygen atoms in total. The summed E-state index contributed by atoms with van der Waals surface area (Å²) >= 11 is 0. The number of benzene rings is 2. The SMILES string of the molecule is CCCCCCCOc1ccc2c(c1)O/C(=C\c1ccc(C(F)(F)F)cc1)C2=O. The quantitative estimate of drug-likeness (QED) is 0.364. The van der Waals surface area contributed by atoms with Crippen molar-refractivity contribution in [3.8, 4) is 11.5 Å². The van der Waals surface area contributed by atoms with Crippen LogP contribution in [-0.2, 0) is 6.18 Å². The van der Waals surface area contributed by atoms with Crippen molar-refractivity contribution in [2.24, 2.45) is 0 Å². The van der Waals surface area contributed by atoms with E-state index in [9.17, 15) is 18.0 Å². The van der Waals surface area contributed by atoms with Crippen LogP contribution in [0, 0.1) is 0 Å². The molecule has 29 heavy (non-hydrogen) atoms. The van der Waals surface area contributed by atoms with E-state index in [1.807, 2.05) is 0 Å². The fraction of sp³-hybridized carbons (Fsp3) is 0.348. The molecular weight excluding hydrogens is 381 g/mol. The van der Waals surface area contributed by atoms with Gasteiger partial charge in [0, 0.05) is 6.07 Å². The number of hydrogen-bond acceptors (Lipinski definition) is 3. The number of ether oxygens (including phenoxy) is 2. The first-order valence-corrected chi connectivity index (χ1v) is 9.77. The molecule has 0 saturated carbocycles. The van der Waals surface area contributed by atoms with Crippen LogP contribution in [0.2, 0.25) is 0 Å². The molecule has 6 heteroatoms. The molecular formula is C23H23F3O3. The Morgan fingerprint density at radius 1 is 1.00 bits per heavy atom. The lowest BCUT2D eigenvalue weighted by atomic mass is 10.1. The maximum Gasteiger partial charge on any atom is 0.416 e. The second-order valence-corrected chi connectivity index (χ2v) is 6.98. The lowest BCUT2D eigenvalue weighted by Gasteiger charge is -2.07. The van der Waals surface area contributed by atoms with E-state index < -0.39 is 11.7 Å². The molecule has 0 spiro atoms. The third kappa shape index (κ3) is 5.40. The number of Topliss-reactive ketones (excluding diaryl/α,β-unsaturated/α-hetero) is 1. The number of unbranched alkanes of at least 4 members (excludes halogenated alkanes) is 4. The van der Waals surface area contributed by atoms with E-state index in [1.165, 1.54) is 37.5 Å². The number of halogens is 3. The maximum absolute atomic E-state index is 12.7. The van der Waals surface area contributed by atoms with Crippen molar-refractivity contribution in [3.63, 3.8) is 0 Å². The predicted octanol–water partition coefficient (Wildman–Crippen LogP) is 6.67. The van der Waals surface area contributed by atoms with Gasteiger partial charge < -0.3 is 9.47 Å². The molecule has 0 unspecified atom stereocenters. The van der Waals surface area contributed by atoms with Gasteiger partial charge in [0.2, 0.25) is 5.78 Å². The number of ketones is 1. The van der Waals surface area contributed by atoms with Crippen LogP contribution in [0.15, 0.2) is 48.2 Å². The van der Waals surface area contributed by atoms with Crippen molar-refractivity contribution < 1.29 is 27.4 Å². The van der Waals surface area contributed by atoms with Gasteiger partial charge in [-0.1, -0.05) is 44.7 Å². The molecule has 0 radical (unpaired) electrons. The Labute approximate surface area is 168 Å². The van der Waals surface area contributed by atoms with Gasteiger partial charge in [-0.3, -0.25) is 4.79 Å². The van der Waals surface area contributed by atoms with Gasteiger partial charge in [-0.05, 0) is 42.3 Å².